The molecule has 3 aliphatic rings. The Hall–Kier alpha value is -3.63. The number of hydrazine groups is 2. The number of aromatic nitrogens is 1. The number of nitrogens with zero attached hydrogens (tertiary/aromatic N) is 4. The third-order valence-electron chi connectivity index (χ3n) is 8.29. The number of benzene rings is 2. The number of anilines is 3. The van der Waals surface area contributed by atoms with E-state index in [4.69, 9.17) is 27.9 Å². The topological polar surface area (TPSA) is 101 Å². The fraction of sp³-hybridized carbons (Fsp3) is 0.290. The van der Waals surface area contributed by atoms with Crippen LogP contribution in [-0.4, -0.2) is 47.2 Å². The normalized spacial score (nSPS) is 17.4. The minimum Gasteiger partial charge on any atom is -0.377 e. The van der Waals surface area contributed by atoms with Crippen molar-refractivity contribution in [2.24, 2.45) is 0 Å². The summed E-state index contributed by atoms with van der Waals surface area (Å²) in [5.74, 6) is -0.524. The molecule has 2 aromatic heterocycles. The molecule has 44 heavy (non-hydrogen) atoms. The molecular formula is C31H29Cl2FN8OS. The largest absolute Gasteiger partial charge is 0.377 e. The van der Waals surface area contributed by atoms with Crippen molar-refractivity contribution < 1.29 is 9.13 Å². The molecule has 9 nitrogen and oxygen atoms in total. The first kappa shape index (κ1) is 29.1. The molecule has 0 amide bonds. The van der Waals surface area contributed by atoms with E-state index in [-0.39, 0.29) is 17.1 Å². The van der Waals surface area contributed by atoms with Gasteiger partial charge in [0.05, 0.1) is 57.8 Å². The first-order chi connectivity index (χ1) is 21.4. The SMILES string of the molecule is CCN1CCc2c([C@H](Nc3cc(Cl)c4ncc(C#N)c(Nc5ccc(F)c(Cl)c5)c4c3)C3=CN(C4COC4)NN3)csc2C1. The number of likely N-dealkylation sites (N-methyl/N-ethyl adjacent to an activating group) is 1. The smallest absolute Gasteiger partial charge is 0.141 e. The second kappa shape index (κ2) is 12.0. The summed E-state index contributed by atoms with van der Waals surface area (Å²) >= 11 is 14.7. The van der Waals surface area contributed by atoms with Gasteiger partial charge >= 0.3 is 0 Å². The number of nitriles is 1. The summed E-state index contributed by atoms with van der Waals surface area (Å²) in [5.41, 5.74) is 12.9. The quantitative estimate of drug-likeness (QED) is 0.171. The van der Waals surface area contributed by atoms with Crippen molar-refractivity contribution in [3.63, 3.8) is 0 Å². The summed E-state index contributed by atoms with van der Waals surface area (Å²) in [6.07, 6.45) is 4.55. The molecule has 13 heteroatoms. The molecule has 1 atom stereocenters. The number of ether oxygens (including phenoxy) is 1. The summed E-state index contributed by atoms with van der Waals surface area (Å²) in [6, 6.07) is 10.4. The first-order valence-electron chi connectivity index (χ1n) is 14.3. The van der Waals surface area contributed by atoms with Gasteiger partial charge in [0.15, 0.2) is 0 Å². The summed E-state index contributed by atoms with van der Waals surface area (Å²) < 4.78 is 19.3. The Morgan fingerprint density at radius 1 is 1.23 bits per heavy atom. The molecule has 0 aliphatic carbocycles. The highest BCUT2D eigenvalue weighted by atomic mass is 35.5. The molecule has 0 bridgehead atoms. The van der Waals surface area contributed by atoms with Crippen molar-refractivity contribution in [3.05, 3.63) is 91.2 Å². The fourth-order valence-electron chi connectivity index (χ4n) is 5.76. The predicted octanol–water partition coefficient (Wildman–Crippen LogP) is 6.45. The highest BCUT2D eigenvalue weighted by Crippen LogP contribution is 2.40. The van der Waals surface area contributed by atoms with Crippen LogP contribution in [0.25, 0.3) is 10.9 Å². The van der Waals surface area contributed by atoms with Crippen LogP contribution in [-0.2, 0) is 17.7 Å². The molecule has 1 saturated heterocycles. The van der Waals surface area contributed by atoms with Crippen LogP contribution in [0.4, 0.5) is 21.5 Å². The van der Waals surface area contributed by atoms with E-state index in [1.54, 1.807) is 17.4 Å². The average Bonchev–Trinajstić information content (AvgIpc) is 3.64. The summed E-state index contributed by atoms with van der Waals surface area (Å²) in [5, 5.41) is 22.3. The molecule has 5 heterocycles. The lowest BCUT2D eigenvalue weighted by molar-refractivity contribution is -0.0635. The Morgan fingerprint density at radius 2 is 2.07 bits per heavy atom. The zero-order valence-electron chi connectivity index (χ0n) is 23.8. The second-order valence-corrected chi connectivity index (χ2v) is 12.8. The van der Waals surface area contributed by atoms with Gasteiger partial charge in [0.1, 0.15) is 11.9 Å². The maximum absolute atomic E-state index is 13.9. The van der Waals surface area contributed by atoms with Crippen LogP contribution >= 0.6 is 34.5 Å². The molecule has 0 spiro atoms. The maximum atomic E-state index is 13.9. The molecule has 2 aromatic carbocycles. The molecule has 0 radical (unpaired) electrons. The summed E-state index contributed by atoms with van der Waals surface area (Å²) in [4.78, 5) is 8.34. The van der Waals surface area contributed by atoms with E-state index in [0.29, 0.717) is 46.1 Å². The second-order valence-electron chi connectivity index (χ2n) is 11.0. The molecular weight excluding hydrogens is 622 g/mol. The van der Waals surface area contributed by atoms with E-state index in [0.717, 1.165) is 37.4 Å². The van der Waals surface area contributed by atoms with Gasteiger partial charge in [-0.25, -0.2) is 4.39 Å². The lowest BCUT2D eigenvalue weighted by atomic mass is 9.96. The standard InChI is InChI=1S/C31H29Cl2FN8OS/c1-2-41-6-5-21-23(16-44-28(21)13-41)31(27-12-42(40-39-27)20-14-43-15-20)38-19-7-22-29(37-18-3-4-26(34)24(32)8-18)17(10-35)11-36-30(22)25(33)9-19/h3-4,7-9,11-12,16,20,31,38-40H,2,5-6,13-15H2,1H3,(H,36,37)/t31-/m0/s1. The number of thiophene rings is 1. The van der Waals surface area contributed by atoms with E-state index in [1.807, 2.05) is 12.1 Å². The van der Waals surface area contributed by atoms with Gasteiger partial charge in [-0.2, -0.15) is 5.26 Å². The van der Waals surface area contributed by atoms with Crippen molar-refractivity contribution in [3.8, 4) is 6.07 Å². The Bertz CT molecular complexity index is 1820. The van der Waals surface area contributed by atoms with Gasteiger partial charge in [0.2, 0.25) is 0 Å². The van der Waals surface area contributed by atoms with Crippen LogP contribution in [0.15, 0.2) is 53.8 Å². The minimum atomic E-state index is -0.524. The number of pyridine rings is 1. The number of hydrogen-bond donors (Lipinski definition) is 4. The number of fused-ring (bicyclic) bond motifs is 2. The van der Waals surface area contributed by atoms with Crippen molar-refractivity contribution in [2.75, 3.05) is 36.9 Å². The van der Waals surface area contributed by atoms with Gasteiger partial charge in [-0.1, -0.05) is 30.1 Å². The monoisotopic (exact) mass is 650 g/mol. The van der Waals surface area contributed by atoms with Gasteiger partial charge < -0.3 is 20.8 Å². The van der Waals surface area contributed by atoms with Gasteiger partial charge in [0.25, 0.3) is 0 Å². The lowest BCUT2D eigenvalue weighted by Crippen LogP contribution is -2.52. The van der Waals surface area contributed by atoms with Gasteiger partial charge in [-0.05, 0) is 59.8 Å². The van der Waals surface area contributed by atoms with Crippen molar-refractivity contribution in [1.82, 2.24) is 25.9 Å². The van der Waals surface area contributed by atoms with E-state index in [9.17, 15) is 9.65 Å². The van der Waals surface area contributed by atoms with E-state index < -0.39 is 5.82 Å². The predicted molar refractivity (Wildman–Crippen MR) is 172 cm³/mol. The summed E-state index contributed by atoms with van der Waals surface area (Å²) in [6.45, 7) is 6.53. The van der Waals surface area contributed by atoms with Gasteiger partial charge in [0, 0.05) is 47.1 Å². The van der Waals surface area contributed by atoms with Crippen LogP contribution in [0, 0.1) is 17.1 Å². The van der Waals surface area contributed by atoms with Crippen LogP contribution in [0.2, 0.25) is 10.0 Å². The van der Waals surface area contributed by atoms with E-state index >= 15 is 0 Å². The van der Waals surface area contributed by atoms with E-state index in [1.165, 1.54) is 34.3 Å². The molecule has 0 saturated carbocycles. The molecule has 0 unspecified atom stereocenters. The van der Waals surface area contributed by atoms with Crippen molar-refractivity contribution >= 4 is 62.5 Å². The number of halogens is 3. The van der Waals surface area contributed by atoms with Crippen molar-refractivity contribution in [1.29, 1.82) is 5.26 Å². The minimum absolute atomic E-state index is 0.0234. The van der Waals surface area contributed by atoms with E-state index in [2.05, 4.69) is 61.1 Å². The average molecular weight is 652 g/mol. The maximum Gasteiger partial charge on any atom is 0.141 e. The number of hydrogen-bond acceptors (Lipinski definition) is 10. The molecule has 3 aliphatic heterocycles. The van der Waals surface area contributed by atoms with Crippen LogP contribution < -0.4 is 21.6 Å². The number of rotatable bonds is 8. The highest BCUT2D eigenvalue weighted by molar-refractivity contribution is 7.10. The zero-order chi connectivity index (χ0) is 30.4. The van der Waals surface area contributed by atoms with Crippen molar-refractivity contribution in [2.45, 2.75) is 32.0 Å². The number of nitrogens with one attached hydrogen (secondary N) is 4. The molecule has 4 N–H and O–H groups in total. The third kappa shape index (κ3) is 5.43. The Morgan fingerprint density at radius 3 is 2.82 bits per heavy atom. The zero-order valence-corrected chi connectivity index (χ0v) is 26.1. The van der Waals surface area contributed by atoms with Gasteiger partial charge in [-0.15, -0.1) is 16.9 Å². The molecule has 7 rings (SSSR count). The molecule has 4 aromatic rings. The Kier molecular flexibility index (Phi) is 7.97. The Balaban J connectivity index is 1.29. The third-order valence-corrected chi connectivity index (χ3v) is 9.90. The lowest BCUT2D eigenvalue weighted by Gasteiger charge is -2.33. The van der Waals surface area contributed by atoms with Crippen LogP contribution in [0.3, 0.4) is 0 Å². The molecule has 1 fully saturated rings. The van der Waals surface area contributed by atoms with Crippen LogP contribution in [0.5, 0.6) is 0 Å². The molecule has 226 valence electrons. The van der Waals surface area contributed by atoms with Gasteiger partial charge in [-0.3, -0.25) is 14.9 Å². The highest BCUT2D eigenvalue weighted by Gasteiger charge is 2.33. The summed E-state index contributed by atoms with van der Waals surface area (Å²) in [7, 11) is 0. The Labute approximate surface area is 268 Å². The first-order valence-corrected chi connectivity index (χ1v) is 16.0. The fourth-order valence-corrected chi connectivity index (χ4v) is 7.38. The van der Waals surface area contributed by atoms with Crippen LogP contribution in [0.1, 0.15) is 34.5 Å².